The number of fused-ring (bicyclic) bond motifs is 2. The van der Waals surface area contributed by atoms with E-state index in [9.17, 15) is 14.7 Å². The molecule has 4 aromatic rings. The van der Waals surface area contributed by atoms with Gasteiger partial charge in [-0.05, 0) is 70.6 Å². The van der Waals surface area contributed by atoms with Gasteiger partial charge in [0.1, 0.15) is 17.8 Å². The topological polar surface area (TPSA) is 87.7 Å². The Bertz CT molecular complexity index is 1580. The summed E-state index contributed by atoms with van der Waals surface area (Å²) in [4.78, 5) is 28.7. The summed E-state index contributed by atoms with van der Waals surface area (Å²) >= 11 is 14.3. The van der Waals surface area contributed by atoms with Crippen molar-refractivity contribution in [3.8, 4) is 16.2 Å². The number of hydrogen-bond donors (Lipinski definition) is 3. The Labute approximate surface area is 239 Å². The molecule has 6 rings (SSSR count). The molecule has 198 valence electrons. The van der Waals surface area contributed by atoms with E-state index in [0.717, 1.165) is 21.6 Å². The number of ether oxygens (including phenoxy) is 1. The fourth-order valence-corrected chi connectivity index (χ4v) is 7.02. The summed E-state index contributed by atoms with van der Waals surface area (Å²) in [5, 5.41) is 18.7. The predicted molar refractivity (Wildman–Crippen MR) is 154 cm³/mol. The fourth-order valence-electron chi connectivity index (χ4n) is 5.93. The van der Waals surface area contributed by atoms with Crippen molar-refractivity contribution in [3.63, 3.8) is 0 Å². The molecule has 0 saturated carbocycles. The highest BCUT2D eigenvalue weighted by atomic mass is 35.5. The monoisotopic (exact) mass is 578 g/mol. The van der Waals surface area contributed by atoms with Crippen molar-refractivity contribution in [1.82, 2.24) is 5.32 Å². The van der Waals surface area contributed by atoms with Crippen molar-refractivity contribution >= 4 is 52.0 Å². The second-order valence-electron chi connectivity index (χ2n) is 9.63. The van der Waals surface area contributed by atoms with Gasteiger partial charge in [-0.15, -0.1) is 11.3 Å². The molecule has 0 aliphatic carbocycles. The van der Waals surface area contributed by atoms with Crippen LogP contribution in [0.5, 0.6) is 5.75 Å². The van der Waals surface area contributed by atoms with E-state index in [-0.39, 0.29) is 31.4 Å². The third kappa shape index (κ3) is 4.39. The molecule has 1 spiro atoms. The van der Waals surface area contributed by atoms with Crippen LogP contribution >= 0.6 is 34.5 Å². The summed E-state index contributed by atoms with van der Waals surface area (Å²) in [6, 6.07) is 21.6. The Kier molecular flexibility index (Phi) is 6.85. The number of carbonyl (C=O) groups excluding carboxylic acids is 2. The molecule has 0 unspecified atom stereocenters. The van der Waals surface area contributed by atoms with Gasteiger partial charge >= 0.3 is 0 Å². The van der Waals surface area contributed by atoms with Crippen LogP contribution in [-0.4, -0.2) is 30.1 Å². The van der Waals surface area contributed by atoms with Crippen LogP contribution in [-0.2, 0) is 15.0 Å². The van der Waals surface area contributed by atoms with Gasteiger partial charge in [0, 0.05) is 38.5 Å². The van der Waals surface area contributed by atoms with E-state index < -0.39 is 17.4 Å². The van der Waals surface area contributed by atoms with Crippen LogP contribution in [0, 0.1) is 0 Å². The third-order valence-electron chi connectivity index (χ3n) is 7.48. The number of piperidine rings is 1. The van der Waals surface area contributed by atoms with Crippen LogP contribution in [0.15, 0.2) is 78.2 Å². The first-order chi connectivity index (χ1) is 18.9. The van der Waals surface area contributed by atoms with E-state index in [4.69, 9.17) is 27.9 Å². The summed E-state index contributed by atoms with van der Waals surface area (Å²) in [5.74, 6) is -0.491. The maximum atomic E-state index is 14.3. The standard InChI is InChI=1S/C30H24Cl2N2O4S/c31-19-4-1-3-17(13-19)23-16-27(36)34-28(30(23)22-8-7-20(32)15-24(22)33-29(30)37)21-14-18(26-5-2-12-39-26)6-9-25(21)38-11-10-35/h1-9,12-15,23,28,35H,10-11,16H2,(H,33,37)(H,34,36)/t23-,28+,30-/m0/s1. The van der Waals surface area contributed by atoms with Crippen LogP contribution in [0.25, 0.3) is 10.4 Å². The van der Waals surface area contributed by atoms with E-state index in [1.54, 1.807) is 29.5 Å². The maximum Gasteiger partial charge on any atom is 0.238 e. The van der Waals surface area contributed by atoms with Gasteiger partial charge in [0.25, 0.3) is 0 Å². The molecule has 3 aromatic carbocycles. The average molecular weight is 580 g/mol. The average Bonchev–Trinajstić information content (AvgIpc) is 3.55. The molecule has 1 fully saturated rings. The molecule has 3 N–H and O–H groups in total. The van der Waals surface area contributed by atoms with Crippen molar-refractivity contribution in [2.24, 2.45) is 0 Å². The lowest BCUT2D eigenvalue weighted by molar-refractivity contribution is -0.131. The van der Waals surface area contributed by atoms with Crippen LogP contribution in [0.1, 0.15) is 35.1 Å². The second-order valence-corrected chi connectivity index (χ2v) is 11.4. The fraction of sp³-hybridized carbons (Fsp3) is 0.200. The van der Waals surface area contributed by atoms with E-state index in [1.807, 2.05) is 60.0 Å². The Balaban J connectivity index is 1.63. The van der Waals surface area contributed by atoms with Crippen molar-refractivity contribution in [2.75, 3.05) is 18.5 Å². The second kappa shape index (κ2) is 10.3. The van der Waals surface area contributed by atoms with Gasteiger partial charge in [-0.3, -0.25) is 9.59 Å². The maximum absolute atomic E-state index is 14.3. The molecule has 9 heteroatoms. The molecule has 3 heterocycles. The first-order valence-corrected chi connectivity index (χ1v) is 14.1. The molecule has 0 bridgehead atoms. The predicted octanol–water partition coefficient (Wildman–Crippen LogP) is 6.33. The number of carbonyl (C=O) groups is 2. The van der Waals surface area contributed by atoms with Crippen molar-refractivity contribution in [2.45, 2.75) is 23.8 Å². The smallest absolute Gasteiger partial charge is 0.238 e. The van der Waals surface area contributed by atoms with Gasteiger partial charge in [-0.2, -0.15) is 0 Å². The minimum absolute atomic E-state index is 0.0646. The molecule has 2 aliphatic heterocycles. The molecular formula is C30H24Cl2N2O4S. The van der Waals surface area contributed by atoms with E-state index in [1.165, 1.54) is 0 Å². The number of thiophene rings is 1. The SMILES string of the molecule is O=C1C[C@@H](c2cccc(Cl)c2)[C@]2(C(=O)Nc3cc(Cl)ccc32)[C@@H](c2cc(-c3cccs3)ccc2OCCO)N1. The Hall–Kier alpha value is -3.36. The molecular weight excluding hydrogens is 555 g/mol. The number of benzene rings is 3. The van der Waals surface area contributed by atoms with Crippen LogP contribution in [0.2, 0.25) is 10.0 Å². The number of aliphatic hydroxyl groups excluding tert-OH is 1. The Morgan fingerprint density at radius 1 is 1.00 bits per heavy atom. The van der Waals surface area contributed by atoms with Gasteiger partial charge < -0.3 is 20.5 Å². The molecule has 2 aliphatic rings. The van der Waals surface area contributed by atoms with Gasteiger partial charge in [0.05, 0.1) is 12.6 Å². The molecule has 39 heavy (non-hydrogen) atoms. The number of aliphatic hydroxyl groups is 1. The lowest BCUT2D eigenvalue weighted by Gasteiger charge is -2.46. The normalized spacial score (nSPS) is 21.9. The largest absolute Gasteiger partial charge is 0.491 e. The zero-order valence-electron chi connectivity index (χ0n) is 20.6. The van der Waals surface area contributed by atoms with Crippen LogP contribution in [0.3, 0.4) is 0 Å². The zero-order chi connectivity index (χ0) is 27.1. The highest BCUT2D eigenvalue weighted by Crippen LogP contribution is 2.58. The molecule has 6 nitrogen and oxygen atoms in total. The molecule has 1 aromatic heterocycles. The number of rotatable bonds is 6. The number of halogens is 2. The highest BCUT2D eigenvalue weighted by Gasteiger charge is 2.61. The van der Waals surface area contributed by atoms with Crippen molar-refractivity contribution in [1.29, 1.82) is 0 Å². The first kappa shape index (κ1) is 25.9. The van der Waals surface area contributed by atoms with Crippen molar-refractivity contribution in [3.05, 3.63) is 105 Å². The summed E-state index contributed by atoms with van der Waals surface area (Å²) in [7, 11) is 0. The number of nitrogens with one attached hydrogen (secondary N) is 2. The third-order valence-corrected chi connectivity index (χ3v) is 8.87. The van der Waals surface area contributed by atoms with E-state index in [0.29, 0.717) is 27.0 Å². The number of anilines is 1. The molecule has 0 radical (unpaired) electrons. The zero-order valence-corrected chi connectivity index (χ0v) is 22.9. The molecule has 2 amide bonds. The minimum atomic E-state index is -1.23. The van der Waals surface area contributed by atoms with Gasteiger partial charge in [-0.25, -0.2) is 0 Å². The van der Waals surface area contributed by atoms with Gasteiger partial charge in [0.15, 0.2) is 0 Å². The first-order valence-electron chi connectivity index (χ1n) is 12.5. The summed E-state index contributed by atoms with van der Waals surface area (Å²) in [6.45, 7) is -0.115. The minimum Gasteiger partial charge on any atom is -0.491 e. The van der Waals surface area contributed by atoms with Crippen molar-refractivity contribution < 1.29 is 19.4 Å². The highest BCUT2D eigenvalue weighted by molar-refractivity contribution is 7.13. The summed E-state index contributed by atoms with van der Waals surface area (Å²) in [5.41, 5.74) is 2.47. The van der Waals surface area contributed by atoms with Crippen LogP contribution in [0.4, 0.5) is 5.69 Å². The summed E-state index contributed by atoms with van der Waals surface area (Å²) in [6.07, 6.45) is 0.0871. The Morgan fingerprint density at radius 2 is 1.85 bits per heavy atom. The summed E-state index contributed by atoms with van der Waals surface area (Å²) < 4.78 is 5.98. The molecule has 1 saturated heterocycles. The van der Waals surface area contributed by atoms with E-state index in [2.05, 4.69) is 10.6 Å². The van der Waals surface area contributed by atoms with E-state index >= 15 is 0 Å². The van der Waals surface area contributed by atoms with Crippen LogP contribution < -0.4 is 15.4 Å². The van der Waals surface area contributed by atoms with Gasteiger partial charge in [-0.1, -0.05) is 47.5 Å². The Morgan fingerprint density at radius 3 is 2.62 bits per heavy atom. The number of hydrogen-bond acceptors (Lipinski definition) is 5. The molecule has 3 atom stereocenters. The quantitative estimate of drug-likeness (QED) is 0.249. The number of amides is 2. The van der Waals surface area contributed by atoms with Gasteiger partial charge in [0.2, 0.25) is 11.8 Å². The lowest BCUT2D eigenvalue weighted by Crippen LogP contribution is -2.56. The lowest BCUT2D eigenvalue weighted by atomic mass is 9.59.